The highest BCUT2D eigenvalue weighted by atomic mass is 32.2. The zero-order valence-corrected chi connectivity index (χ0v) is 30.0. The van der Waals surface area contributed by atoms with Gasteiger partial charge >= 0.3 is 11.9 Å². The Balaban J connectivity index is 2.15. The SMILES string of the molecule is C=CC(=O)OC(COc1c(C)cc(-c2cc(C)c(OCC(CSCCSC)OC(=O)C=C)c(C)c2)cc1C)CSCCSC. The molecular weight excluding hydrogens is 633 g/mol. The average Bonchev–Trinajstić information content (AvgIpc) is 2.99. The second-order valence-corrected chi connectivity index (χ2v) is 14.4. The molecule has 0 aromatic heterocycles. The third kappa shape index (κ3) is 13.1. The van der Waals surface area contributed by atoms with Crippen molar-refractivity contribution >= 4 is 59.0 Å². The lowest BCUT2D eigenvalue weighted by molar-refractivity contribution is -0.144. The maximum absolute atomic E-state index is 11.9. The number of carbonyl (C=O) groups excluding carboxylic acids is 2. The standard InChI is InChI=1S/C34H46O6S4/c1-9-31(35)39-29(21-43-13-11-41-7)19-37-33-23(3)15-27(16-24(33)4)28-17-25(5)34(26(6)18-28)38-20-30(40-32(36)10-2)22-44-14-12-42-8/h9-10,15-18,29-30H,1-2,11-14,19-22H2,3-8H3. The van der Waals surface area contributed by atoms with Gasteiger partial charge in [-0.1, -0.05) is 13.2 Å². The maximum Gasteiger partial charge on any atom is 0.330 e. The van der Waals surface area contributed by atoms with Crippen LogP contribution in [0.2, 0.25) is 0 Å². The molecule has 0 spiro atoms. The Kier molecular flexibility index (Phi) is 18.0. The molecule has 0 amide bonds. The lowest BCUT2D eigenvalue weighted by atomic mass is 9.96. The Morgan fingerprint density at radius 2 is 1.00 bits per heavy atom. The molecule has 0 bridgehead atoms. The zero-order chi connectivity index (χ0) is 32.5. The van der Waals surface area contributed by atoms with Gasteiger partial charge < -0.3 is 18.9 Å². The van der Waals surface area contributed by atoms with Crippen molar-refractivity contribution in [2.24, 2.45) is 0 Å². The van der Waals surface area contributed by atoms with E-state index in [1.54, 1.807) is 47.0 Å². The number of esters is 2. The van der Waals surface area contributed by atoms with Gasteiger partial charge in [-0.25, -0.2) is 9.59 Å². The summed E-state index contributed by atoms with van der Waals surface area (Å²) in [5.74, 6) is 6.10. The lowest BCUT2D eigenvalue weighted by Gasteiger charge is -2.21. The minimum absolute atomic E-state index is 0.274. The molecule has 0 N–H and O–H groups in total. The molecule has 0 fully saturated rings. The summed E-state index contributed by atoms with van der Waals surface area (Å²) < 4.78 is 23.5. The number of thioether (sulfide) groups is 4. The van der Waals surface area contributed by atoms with Gasteiger partial charge in [-0.3, -0.25) is 0 Å². The summed E-state index contributed by atoms with van der Waals surface area (Å²) >= 11 is 7.08. The van der Waals surface area contributed by atoms with Crippen LogP contribution in [0, 0.1) is 27.7 Å². The fourth-order valence-electron chi connectivity index (χ4n) is 4.41. The topological polar surface area (TPSA) is 71.1 Å². The minimum Gasteiger partial charge on any atom is -0.489 e. The van der Waals surface area contributed by atoms with Crippen LogP contribution in [0.3, 0.4) is 0 Å². The smallest absolute Gasteiger partial charge is 0.330 e. The highest BCUT2D eigenvalue weighted by molar-refractivity contribution is 8.03. The Labute approximate surface area is 280 Å². The molecule has 2 rings (SSSR count). The first kappa shape index (κ1) is 38.0. The predicted molar refractivity (Wildman–Crippen MR) is 193 cm³/mol. The zero-order valence-electron chi connectivity index (χ0n) is 26.8. The number of benzene rings is 2. The monoisotopic (exact) mass is 678 g/mol. The first-order chi connectivity index (χ1) is 21.1. The molecule has 0 saturated carbocycles. The molecule has 0 aliphatic rings. The molecule has 0 aliphatic carbocycles. The number of aryl methyl sites for hydroxylation is 4. The number of hydrogen-bond donors (Lipinski definition) is 0. The molecule has 2 aromatic carbocycles. The Morgan fingerprint density at radius 3 is 1.30 bits per heavy atom. The molecule has 0 radical (unpaired) electrons. The molecule has 2 atom stereocenters. The van der Waals surface area contributed by atoms with Crippen molar-refractivity contribution < 1.29 is 28.5 Å². The molecule has 6 nitrogen and oxygen atoms in total. The van der Waals surface area contributed by atoms with Gasteiger partial charge in [0.05, 0.1) is 0 Å². The molecule has 242 valence electrons. The fourth-order valence-corrected chi connectivity index (χ4v) is 7.88. The van der Waals surface area contributed by atoms with Crippen LogP contribution in [0.1, 0.15) is 22.3 Å². The largest absolute Gasteiger partial charge is 0.489 e. The van der Waals surface area contributed by atoms with Gasteiger partial charge in [-0.15, -0.1) is 0 Å². The molecule has 0 aliphatic heterocycles. The van der Waals surface area contributed by atoms with Gasteiger partial charge in [0.15, 0.2) is 0 Å². The van der Waals surface area contributed by atoms with Crippen LogP contribution < -0.4 is 9.47 Å². The van der Waals surface area contributed by atoms with Crippen LogP contribution in [-0.2, 0) is 19.1 Å². The Morgan fingerprint density at radius 1 is 0.659 bits per heavy atom. The average molecular weight is 679 g/mol. The van der Waals surface area contributed by atoms with E-state index >= 15 is 0 Å². The predicted octanol–water partition coefficient (Wildman–Crippen LogP) is 7.73. The van der Waals surface area contributed by atoms with Gasteiger partial charge in [0.1, 0.15) is 36.9 Å². The first-order valence-corrected chi connectivity index (χ1v) is 19.5. The van der Waals surface area contributed by atoms with Crippen molar-refractivity contribution in [3.8, 4) is 22.6 Å². The third-order valence-corrected chi connectivity index (χ3v) is 10.4. The van der Waals surface area contributed by atoms with E-state index in [2.05, 4.69) is 49.9 Å². The summed E-state index contributed by atoms with van der Waals surface area (Å²) in [4.78, 5) is 23.8. The van der Waals surface area contributed by atoms with Crippen molar-refractivity contribution in [2.45, 2.75) is 39.9 Å². The first-order valence-electron chi connectivity index (χ1n) is 14.4. The van der Waals surface area contributed by atoms with Gasteiger partial charge in [-0.2, -0.15) is 47.0 Å². The molecule has 2 unspecified atom stereocenters. The second kappa shape index (κ2) is 20.8. The molecule has 0 saturated heterocycles. The van der Waals surface area contributed by atoms with Crippen LogP contribution in [0.4, 0.5) is 0 Å². The van der Waals surface area contributed by atoms with E-state index in [0.717, 1.165) is 67.9 Å². The van der Waals surface area contributed by atoms with Gasteiger partial charge in [0.25, 0.3) is 0 Å². The highest BCUT2D eigenvalue weighted by Crippen LogP contribution is 2.34. The quantitative estimate of drug-likeness (QED) is 0.0744. The van der Waals surface area contributed by atoms with E-state index in [-0.39, 0.29) is 25.4 Å². The third-order valence-electron chi connectivity index (χ3n) is 6.45. The number of ether oxygens (including phenoxy) is 4. The van der Waals surface area contributed by atoms with E-state index in [4.69, 9.17) is 18.9 Å². The van der Waals surface area contributed by atoms with Crippen molar-refractivity contribution in [3.05, 3.63) is 71.8 Å². The fraction of sp³-hybridized carbons (Fsp3) is 0.471. The van der Waals surface area contributed by atoms with Crippen molar-refractivity contribution in [3.63, 3.8) is 0 Å². The van der Waals surface area contributed by atoms with Crippen LogP contribution in [0.25, 0.3) is 11.1 Å². The summed E-state index contributed by atoms with van der Waals surface area (Å²) in [5.41, 5.74) is 6.18. The van der Waals surface area contributed by atoms with E-state index in [9.17, 15) is 9.59 Å². The number of hydrogen-bond acceptors (Lipinski definition) is 10. The molecule has 0 heterocycles. The summed E-state index contributed by atoms with van der Waals surface area (Å²) in [6, 6.07) is 8.47. The van der Waals surface area contributed by atoms with E-state index < -0.39 is 11.9 Å². The Hall–Kier alpha value is -2.14. The molecule has 44 heavy (non-hydrogen) atoms. The second-order valence-electron chi connectivity index (χ2n) is 10.2. The van der Waals surface area contributed by atoms with Crippen molar-refractivity contribution in [1.82, 2.24) is 0 Å². The van der Waals surface area contributed by atoms with Crippen LogP contribution >= 0.6 is 47.0 Å². The van der Waals surface area contributed by atoms with E-state index in [1.807, 2.05) is 27.7 Å². The summed E-state index contributed by atoms with van der Waals surface area (Å²) in [5, 5.41) is 0. The minimum atomic E-state index is -0.440. The summed E-state index contributed by atoms with van der Waals surface area (Å²) in [7, 11) is 0. The number of rotatable bonds is 21. The van der Waals surface area contributed by atoms with E-state index in [1.165, 1.54) is 12.2 Å². The van der Waals surface area contributed by atoms with E-state index in [0.29, 0.717) is 11.5 Å². The number of carbonyl (C=O) groups is 2. The van der Waals surface area contributed by atoms with Crippen molar-refractivity contribution in [1.29, 1.82) is 0 Å². The van der Waals surface area contributed by atoms with Gasteiger partial charge in [0.2, 0.25) is 0 Å². The summed E-state index contributed by atoms with van der Waals surface area (Å²) in [6.45, 7) is 15.7. The van der Waals surface area contributed by atoms with Crippen LogP contribution in [0.15, 0.2) is 49.6 Å². The van der Waals surface area contributed by atoms with Gasteiger partial charge in [0, 0.05) is 46.7 Å². The molecular formula is C34H46O6S4. The molecule has 10 heteroatoms. The Bertz CT molecular complexity index is 1110. The van der Waals surface area contributed by atoms with Crippen LogP contribution in [0.5, 0.6) is 11.5 Å². The maximum atomic E-state index is 11.9. The van der Waals surface area contributed by atoms with Crippen LogP contribution in [-0.4, -0.2) is 84.4 Å². The molecule has 2 aromatic rings. The summed E-state index contributed by atoms with van der Waals surface area (Å²) in [6.07, 6.45) is 5.81. The highest BCUT2D eigenvalue weighted by Gasteiger charge is 2.19. The van der Waals surface area contributed by atoms with Gasteiger partial charge in [-0.05, 0) is 97.9 Å². The normalized spacial score (nSPS) is 12.2. The lowest BCUT2D eigenvalue weighted by Crippen LogP contribution is -2.27. The van der Waals surface area contributed by atoms with Crippen molar-refractivity contribution in [2.75, 3.05) is 60.2 Å².